The molecule has 0 spiro atoms. The van der Waals surface area contributed by atoms with Crippen molar-refractivity contribution in [1.29, 1.82) is 0 Å². The Morgan fingerprint density at radius 1 is 1.25 bits per heavy atom. The lowest BCUT2D eigenvalue weighted by Crippen LogP contribution is -2.19. The fourth-order valence-corrected chi connectivity index (χ4v) is 4.69. The van der Waals surface area contributed by atoms with Crippen molar-refractivity contribution in [1.82, 2.24) is 0 Å². The second kappa shape index (κ2) is 4.45. The highest BCUT2D eigenvalue weighted by molar-refractivity contribution is 6.21. The first-order valence-corrected chi connectivity index (χ1v) is 7.85. The lowest BCUT2D eigenvalue weighted by atomic mass is 9.95. The molecule has 0 bridgehead atoms. The summed E-state index contributed by atoms with van der Waals surface area (Å²) in [4.78, 5) is 11.3. The van der Waals surface area contributed by atoms with E-state index in [4.69, 9.17) is 11.6 Å². The summed E-state index contributed by atoms with van der Waals surface area (Å²) in [5.74, 6) is 1.57. The third-order valence-corrected chi connectivity index (χ3v) is 5.75. The highest BCUT2D eigenvalue weighted by Crippen LogP contribution is 2.64. The minimum Gasteiger partial charge on any atom is -0.326 e. The molecule has 3 atom stereocenters. The molecule has 0 saturated heterocycles. The van der Waals surface area contributed by atoms with Gasteiger partial charge in [0.25, 0.3) is 0 Å². The molecule has 1 heterocycles. The van der Waals surface area contributed by atoms with Gasteiger partial charge < -0.3 is 5.32 Å². The number of aryl methyl sites for hydroxylation is 1. The van der Waals surface area contributed by atoms with Crippen LogP contribution in [0.3, 0.4) is 0 Å². The number of amides is 1. The van der Waals surface area contributed by atoms with E-state index in [1.54, 1.807) is 0 Å². The minimum atomic E-state index is -0.282. The Morgan fingerprint density at radius 3 is 2.75 bits per heavy atom. The molecule has 2 aliphatic carbocycles. The van der Waals surface area contributed by atoms with Gasteiger partial charge in [-0.25, -0.2) is 4.39 Å². The van der Waals surface area contributed by atoms with Crippen molar-refractivity contribution >= 4 is 23.2 Å². The number of halogens is 2. The summed E-state index contributed by atoms with van der Waals surface area (Å²) >= 11 is 6.55. The third-order valence-electron chi connectivity index (χ3n) is 5.23. The van der Waals surface area contributed by atoms with Gasteiger partial charge in [-0.15, -0.1) is 11.6 Å². The zero-order chi connectivity index (χ0) is 13.9. The Kier molecular flexibility index (Phi) is 2.81. The molecule has 20 heavy (non-hydrogen) atoms. The highest BCUT2D eigenvalue weighted by Gasteiger charge is 2.56. The van der Waals surface area contributed by atoms with Crippen LogP contribution in [0.25, 0.3) is 0 Å². The van der Waals surface area contributed by atoms with Gasteiger partial charge >= 0.3 is 0 Å². The largest absolute Gasteiger partial charge is 0.326 e. The molecule has 1 aliphatic heterocycles. The number of carbonyl (C=O) groups is 1. The van der Waals surface area contributed by atoms with E-state index in [1.165, 1.54) is 25.3 Å². The molecule has 1 amide bonds. The lowest BCUT2D eigenvalue weighted by Gasteiger charge is -2.20. The molecule has 2 fully saturated rings. The molecule has 2 saturated carbocycles. The van der Waals surface area contributed by atoms with Crippen LogP contribution in [0.4, 0.5) is 10.1 Å². The number of rotatable bonds is 2. The van der Waals surface area contributed by atoms with Gasteiger partial charge in [0.05, 0.1) is 5.38 Å². The Bertz CT molecular complexity index is 578. The van der Waals surface area contributed by atoms with E-state index in [-0.39, 0.29) is 17.1 Å². The maximum atomic E-state index is 14.3. The number of alkyl halides is 1. The number of nitrogens with one attached hydrogen (secondary N) is 1. The first kappa shape index (κ1) is 12.6. The number of fused-ring (bicyclic) bond motifs is 2. The van der Waals surface area contributed by atoms with Crippen molar-refractivity contribution < 1.29 is 9.18 Å². The molecule has 2 nitrogen and oxygen atoms in total. The highest BCUT2D eigenvalue weighted by atomic mass is 35.5. The predicted octanol–water partition coefficient (Wildman–Crippen LogP) is 4.04. The van der Waals surface area contributed by atoms with Gasteiger partial charge in [0.15, 0.2) is 0 Å². The zero-order valence-corrected chi connectivity index (χ0v) is 11.9. The second-order valence-electron chi connectivity index (χ2n) is 6.32. The summed E-state index contributed by atoms with van der Waals surface area (Å²) in [7, 11) is 0. The van der Waals surface area contributed by atoms with Crippen molar-refractivity contribution in [2.45, 2.75) is 37.5 Å². The Labute approximate surface area is 122 Å². The molecular formula is C16H17ClFNO. The van der Waals surface area contributed by atoms with Crippen molar-refractivity contribution in [3.8, 4) is 0 Å². The monoisotopic (exact) mass is 293 g/mol. The molecule has 3 unspecified atom stereocenters. The van der Waals surface area contributed by atoms with Crippen molar-refractivity contribution in [3.05, 3.63) is 29.1 Å². The summed E-state index contributed by atoms with van der Waals surface area (Å²) < 4.78 is 14.3. The topological polar surface area (TPSA) is 29.1 Å². The fourth-order valence-electron chi connectivity index (χ4n) is 4.15. The quantitative estimate of drug-likeness (QED) is 0.819. The van der Waals surface area contributed by atoms with Crippen molar-refractivity contribution in [2.24, 2.45) is 17.8 Å². The van der Waals surface area contributed by atoms with Crippen LogP contribution in [0.15, 0.2) is 12.1 Å². The van der Waals surface area contributed by atoms with E-state index in [0.717, 1.165) is 5.56 Å². The molecule has 0 radical (unpaired) electrons. The molecule has 1 aromatic carbocycles. The summed E-state index contributed by atoms with van der Waals surface area (Å²) in [5, 5.41) is 2.51. The Hall–Kier alpha value is -1.09. The molecule has 1 N–H and O–H groups in total. The lowest BCUT2D eigenvalue weighted by molar-refractivity contribution is -0.116. The molecular weight excluding hydrogens is 277 g/mol. The second-order valence-corrected chi connectivity index (χ2v) is 6.79. The van der Waals surface area contributed by atoms with Crippen LogP contribution in [0.1, 0.15) is 42.2 Å². The SMILES string of the molecule is O=C1CCc2cc(C(Cl)C3C4CCCC43)c(F)cc2N1. The van der Waals surface area contributed by atoms with Crippen LogP contribution in [-0.2, 0) is 11.2 Å². The van der Waals surface area contributed by atoms with Crippen LogP contribution < -0.4 is 5.32 Å². The van der Waals surface area contributed by atoms with Crippen LogP contribution in [0.5, 0.6) is 0 Å². The van der Waals surface area contributed by atoms with Crippen LogP contribution >= 0.6 is 11.6 Å². The summed E-state index contributed by atoms with van der Waals surface area (Å²) in [5.41, 5.74) is 2.25. The summed E-state index contributed by atoms with van der Waals surface area (Å²) in [6.07, 6.45) is 4.95. The third kappa shape index (κ3) is 1.86. The minimum absolute atomic E-state index is 0.0381. The standard InChI is InChI=1S/C16H17ClFNO/c17-16(15-9-2-1-3-10(9)15)11-6-8-4-5-14(20)19-13(8)7-12(11)18/h6-7,9-10,15-16H,1-5H2,(H,19,20). The van der Waals surface area contributed by atoms with Gasteiger partial charge in [-0.1, -0.05) is 6.42 Å². The van der Waals surface area contributed by atoms with E-state index in [1.807, 2.05) is 6.07 Å². The van der Waals surface area contributed by atoms with Crippen LogP contribution in [-0.4, -0.2) is 5.91 Å². The van der Waals surface area contributed by atoms with Gasteiger partial charge in [-0.05, 0) is 54.7 Å². The number of hydrogen-bond acceptors (Lipinski definition) is 1. The molecule has 3 aliphatic rings. The fraction of sp³-hybridized carbons (Fsp3) is 0.562. The van der Waals surface area contributed by atoms with Gasteiger partial charge in [0.1, 0.15) is 5.82 Å². The van der Waals surface area contributed by atoms with Gasteiger partial charge in [-0.3, -0.25) is 4.79 Å². The van der Waals surface area contributed by atoms with Gasteiger partial charge in [0, 0.05) is 17.7 Å². The molecule has 0 aromatic heterocycles. The first-order valence-electron chi connectivity index (χ1n) is 7.41. The summed E-state index contributed by atoms with van der Waals surface area (Å²) in [6.45, 7) is 0. The van der Waals surface area contributed by atoms with Gasteiger partial charge in [-0.2, -0.15) is 0 Å². The number of benzene rings is 1. The zero-order valence-electron chi connectivity index (χ0n) is 11.2. The Morgan fingerprint density at radius 2 is 2.00 bits per heavy atom. The number of hydrogen-bond donors (Lipinski definition) is 1. The average molecular weight is 294 g/mol. The maximum Gasteiger partial charge on any atom is 0.224 e. The first-order chi connectivity index (χ1) is 9.65. The maximum absolute atomic E-state index is 14.3. The molecule has 4 heteroatoms. The van der Waals surface area contributed by atoms with Crippen LogP contribution in [0.2, 0.25) is 0 Å². The van der Waals surface area contributed by atoms with E-state index < -0.39 is 0 Å². The smallest absolute Gasteiger partial charge is 0.224 e. The molecule has 4 rings (SSSR count). The predicted molar refractivity (Wildman–Crippen MR) is 76.3 cm³/mol. The number of anilines is 1. The van der Waals surface area contributed by atoms with E-state index in [2.05, 4.69) is 5.32 Å². The molecule has 106 valence electrons. The van der Waals surface area contributed by atoms with Crippen molar-refractivity contribution in [3.63, 3.8) is 0 Å². The van der Waals surface area contributed by atoms with E-state index in [0.29, 0.717) is 41.8 Å². The average Bonchev–Trinajstić information content (AvgIpc) is 2.90. The summed E-state index contributed by atoms with van der Waals surface area (Å²) in [6, 6.07) is 3.31. The van der Waals surface area contributed by atoms with Crippen molar-refractivity contribution in [2.75, 3.05) is 5.32 Å². The Balaban J connectivity index is 1.63. The van der Waals surface area contributed by atoms with E-state index in [9.17, 15) is 9.18 Å². The normalized spacial score (nSPS) is 32.3. The van der Waals surface area contributed by atoms with Gasteiger partial charge in [0.2, 0.25) is 5.91 Å². The van der Waals surface area contributed by atoms with Crippen LogP contribution in [0, 0.1) is 23.6 Å². The van der Waals surface area contributed by atoms with E-state index >= 15 is 0 Å². The molecule has 1 aromatic rings. The number of carbonyl (C=O) groups excluding carboxylic acids is 1.